The number of allylic oxidation sites excluding steroid dienone is 10. The van der Waals surface area contributed by atoms with E-state index in [0.29, 0.717) is 0 Å². The first kappa shape index (κ1) is 9.00. The van der Waals surface area contributed by atoms with Crippen LogP contribution in [0.4, 0.5) is 0 Å². The van der Waals surface area contributed by atoms with Gasteiger partial charge in [-0.3, -0.25) is 0 Å². The number of hydrogen-bond donors (Lipinski definition) is 0. The minimum Gasteiger partial charge on any atom is -0.0716 e. The van der Waals surface area contributed by atoms with Gasteiger partial charge < -0.3 is 0 Å². The van der Waals surface area contributed by atoms with E-state index in [9.17, 15) is 0 Å². The quantitative estimate of drug-likeness (QED) is 0.606. The van der Waals surface area contributed by atoms with Crippen LogP contribution in [0.25, 0.3) is 11.1 Å². The lowest BCUT2D eigenvalue weighted by molar-refractivity contribution is 1.32. The summed E-state index contributed by atoms with van der Waals surface area (Å²) < 4.78 is 0. The van der Waals surface area contributed by atoms with Gasteiger partial charge in [-0.2, -0.15) is 0 Å². The van der Waals surface area contributed by atoms with Crippen molar-refractivity contribution in [1.82, 2.24) is 0 Å². The van der Waals surface area contributed by atoms with Crippen LogP contribution in [-0.4, -0.2) is 0 Å². The Morgan fingerprint density at radius 3 is 2.71 bits per heavy atom. The molecule has 1 aromatic carbocycles. The topological polar surface area (TPSA) is 0 Å². The van der Waals surface area contributed by atoms with Gasteiger partial charge >= 0.3 is 0 Å². The van der Waals surface area contributed by atoms with Crippen LogP contribution in [0.2, 0.25) is 0 Å². The fourth-order valence-electron chi connectivity index (χ4n) is 2.95. The summed E-state index contributed by atoms with van der Waals surface area (Å²) in [4.78, 5) is 0. The average Bonchev–Trinajstić information content (AvgIpc) is 2.84. The predicted octanol–water partition coefficient (Wildman–Crippen LogP) is 4.29. The molecule has 0 spiro atoms. The Bertz CT molecular complexity index is 661. The van der Waals surface area contributed by atoms with Crippen molar-refractivity contribution < 1.29 is 0 Å². The average molecular weight is 216 g/mol. The Hall–Kier alpha value is -2.08. The van der Waals surface area contributed by atoms with Crippen LogP contribution in [0.3, 0.4) is 0 Å². The van der Waals surface area contributed by atoms with Crippen molar-refractivity contribution in [3.63, 3.8) is 0 Å². The summed E-state index contributed by atoms with van der Waals surface area (Å²) in [5.74, 6) is 0. The summed E-state index contributed by atoms with van der Waals surface area (Å²) in [5.41, 5.74) is 8.50. The zero-order valence-corrected chi connectivity index (χ0v) is 9.48. The smallest absolute Gasteiger partial charge is 0.00668 e. The van der Waals surface area contributed by atoms with Gasteiger partial charge in [0.2, 0.25) is 0 Å². The van der Waals surface area contributed by atoms with E-state index in [1.54, 1.807) is 0 Å². The van der Waals surface area contributed by atoms with Crippen molar-refractivity contribution in [2.24, 2.45) is 0 Å². The molecule has 3 aliphatic rings. The Morgan fingerprint density at radius 1 is 0.882 bits per heavy atom. The summed E-state index contributed by atoms with van der Waals surface area (Å²) in [7, 11) is 0. The summed E-state index contributed by atoms with van der Waals surface area (Å²) in [6.45, 7) is 0. The van der Waals surface area contributed by atoms with Crippen LogP contribution in [0.5, 0.6) is 0 Å². The highest BCUT2D eigenvalue weighted by atomic mass is 14.3. The lowest BCUT2D eigenvalue weighted by Gasteiger charge is -2.05. The summed E-state index contributed by atoms with van der Waals surface area (Å²) in [5, 5.41) is 0. The second kappa shape index (κ2) is 3.21. The molecule has 3 aliphatic carbocycles. The van der Waals surface area contributed by atoms with Crippen molar-refractivity contribution in [2.75, 3.05) is 0 Å². The maximum absolute atomic E-state index is 2.36. The van der Waals surface area contributed by atoms with Crippen LogP contribution >= 0.6 is 0 Å². The zero-order chi connectivity index (χ0) is 11.2. The van der Waals surface area contributed by atoms with E-state index in [1.807, 2.05) is 0 Å². The molecule has 4 rings (SSSR count). The molecule has 0 saturated carbocycles. The van der Waals surface area contributed by atoms with Gasteiger partial charge in [-0.1, -0.05) is 60.7 Å². The fourth-order valence-corrected chi connectivity index (χ4v) is 2.95. The Kier molecular flexibility index (Phi) is 1.70. The molecule has 0 heterocycles. The molecule has 0 heteroatoms. The van der Waals surface area contributed by atoms with Crippen molar-refractivity contribution in [3.8, 4) is 0 Å². The van der Waals surface area contributed by atoms with Crippen molar-refractivity contribution >= 4 is 11.1 Å². The van der Waals surface area contributed by atoms with Crippen LogP contribution in [0, 0.1) is 0 Å². The largest absolute Gasteiger partial charge is 0.0716 e. The molecule has 1 aromatic rings. The lowest BCUT2D eigenvalue weighted by Crippen LogP contribution is -1.84. The summed E-state index contributed by atoms with van der Waals surface area (Å²) in [6.07, 6.45) is 14.3. The van der Waals surface area contributed by atoms with Crippen LogP contribution in [0.15, 0.2) is 71.9 Å². The van der Waals surface area contributed by atoms with Crippen molar-refractivity contribution in [2.45, 2.75) is 6.42 Å². The summed E-state index contributed by atoms with van der Waals surface area (Å²) in [6, 6.07) is 8.71. The minimum atomic E-state index is 1.07. The van der Waals surface area contributed by atoms with E-state index >= 15 is 0 Å². The molecule has 0 unspecified atom stereocenters. The van der Waals surface area contributed by atoms with Gasteiger partial charge in [-0.25, -0.2) is 0 Å². The molecule has 0 aliphatic heterocycles. The molecule has 0 aromatic heterocycles. The number of hydrogen-bond acceptors (Lipinski definition) is 0. The third kappa shape index (κ3) is 1.13. The van der Waals surface area contributed by atoms with E-state index in [1.165, 1.54) is 33.4 Å². The van der Waals surface area contributed by atoms with Gasteiger partial charge in [0.05, 0.1) is 0 Å². The molecule has 0 radical (unpaired) electrons. The van der Waals surface area contributed by atoms with Gasteiger partial charge in [0.25, 0.3) is 0 Å². The molecule has 80 valence electrons. The van der Waals surface area contributed by atoms with Gasteiger partial charge in [-0.15, -0.1) is 0 Å². The predicted molar refractivity (Wildman–Crippen MR) is 72.3 cm³/mol. The highest BCUT2D eigenvalue weighted by Crippen LogP contribution is 2.49. The third-order valence-corrected chi connectivity index (χ3v) is 3.68. The monoisotopic (exact) mass is 216 g/mol. The first-order valence-electron chi connectivity index (χ1n) is 6.04. The maximum atomic E-state index is 2.36. The normalized spacial score (nSPS) is 19.5. The SMILES string of the molecule is C1=CC=C2CC=C3C2=C(C=C1)c1ccccc13. The van der Waals surface area contributed by atoms with E-state index in [-0.39, 0.29) is 0 Å². The second-order valence-electron chi connectivity index (χ2n) is 4.59. The fraction of sp³-hybridized carbons (Fsp3) is 0.0588. The molecule has 0 fully saturated rings. The molecule has 0 amide bonds. The Morgan fingerprint density at radius 2 is 1.76 bits per heavy atom. The van der Waals surface area contributed by atoms with E-state index in [2.05, 4.69) is 60.7 Å². The van der Waals surface area contributed by atoms with Gasteiger partial charge in [0, 0.05) is 0 Å². The molecule has 0 atom stereocenters. The van der Waals surface area contributed by atoms with Crippen molar-refractivity contribution in [3.05, 3.63) is 83.0 Å². The minimum absolute atomic E-state index is 1.07. The first-order valence-corrected chi connectivity index (χ1v) is 6.04. The molecule has 0 saturated heterocycles. The highest BCUT2D eigenvalue weighted by Gasteiger charge is 2.29. The zero-order valence-electron chi connectivity index (χ0n) is 9.48. The molecule has 17 heavy (non-hydrogen) atoms. The molecular weight excluding hydrogens is 204 g/mol. The molecule has 0 nitrogen and oxygen atoms in total. The van der Waals surface area contributed by atoms with E-state index in [0.717, 1.165) is 6.42 Å². The van der Waals surface area contributed by atoms with Crippen LogP contribution in [0.1, 0.15) is 17.5 Å². The van der Waals surface area contributed by atoms with Crippen LogP contribution < -0.4 is 0 Å². The highest BCUT2D eigenvalue weighted by molar-refractivity contribution is 6.07. The van der Waals surface area contributed by atoms with Crippen molar-refractivity contribution in [1.29, 1.82) is 0 Å². The van der Waals surface area contributed by atoms with Gasteiger partial charge in [-0.05, 0) is 39.8 Å². The Labute approximate surface area is 101 Å². The Balaban J connectivity index is 2.07. The summed E-state index contributed by atoms with van der Waals surface area (Å²) >= 11 is 0. The van der Waals surface area contributed by atoms with Crippen LogP contribution in [-0.2, 0) is 0 Å². The van der Waals surface area contributed by atoms with Gasteiger partial charge in [0.1, 0.15) is 0 Å². The molecular formula is C17H12. The van der Waals surface area contributed by atoms with E-state index < -0.39 is 0 Å². The second-order valence-corrected chi connectivity index (χ2v) is 4.59. The molecule has 0 bridgehead atoms. The van der Waals surface area contributed by atoms with E-state index in [4.69, 9.17) is 0 Å². The third-order valence-electron chi connectivity index (χ3n) is 3.68. The number of benzene rings is 1. The first-order chi connectivity index (χ1) is 8.45. The lowest BCUT2D eigenvalue weighted by atomic mass is 9.99. The number of fused-ring (bicyclic) bond motifs is 3. The standard InChI is InChI=1S/C17H12/c1-2-6-12-10-11-16-14-8-5-4-7-13(14)15(9-3-1)17(12)16/h1-9,11H,10H2. The van der Waals surface area contributed by atoms with Gasteiger partial charge in [0.15, 0.2) is 0 Å². The molecule has 0 N–H and O–H groups in total. The maximum Gasteiger partial charge on any atom is -0.00668 e. The number of rotatable bonds is 0.